The average molecular weight is 281 g/mol. The zero-order valence-corrected chi connectivity index (χ0v) is 13.3. The van der Waals surface area contributed by atoms with Crippen molar-refractivity contribution in [1.29, 1.82) is 0 Å². The van der Waals surface area contributed by atoms with Crippen LogP contribution in [0.15, 0.2) is 0 Å². The standard InChI is InChI=1S/C16H31N3O/c1-14-11-19(9-10-20-14)16-4-7-18(8-5-16)13-15-3-6-17(2)12-15/h14-16H,3-13H2,1-2H3/t14-,15-/m1/s1. The molecule has 0 aromatic heterocycles. The number of ether oxygens (including phenoxy) is 1. The summed E-state index contributed by atoms with van der Waals surface area (Å²) in [6.45, 7) is 12.0. The zero-order valence-electron chi connectivity index (χ0n) is 13.3. The fourth-order valence-electron chi connectivity index (χ4n) is 4.18. The Hall–Kier alpha value is -0.160. The van der Waals surface area contributed by atoms with Crippen LogP contribution in [0.1, 0.15) is 26.2 Å². The second-order valence-electron chi connectivity index (χ2n) is 7.13. The highest BCUT2D eigenvalue weighted by Crippen LogP contribution is 2.22. The van der Waals surface area contributed by atoms with E-state index in [1.54, 1.807) is 0 Å². The number of likely N-dealkylation sites (tertiary alicyclic amines) is 2. The van der Waals surface area contributed by atoms with Crippen molar-refractivity contribution in [2.24, 2.45) is 5.92 Å². The van der Waals surface area contributed by atoms with Gasteiger partial charge in [-0.1, -0.05) is 0 Å². The van der Waals surface area contributed by atoms with Crippen molar-refractivity contribution >= 4 is 0 Å². The van der Waals surface area contributed by atoms with E-state index < -0.39 is 0 Å². The molecule has 0 aromatic rings. The van der Waals surface area contributed by atoms with Crippen molar-refractivity contribution < 1.29 is 4.74 Å². The molecule has 0 aliphatic carbocycles. The van der Waals surface area contributed by atoms with Crippen LogP contribution in [0.25, 0.3) is 0 Å². The summed E-state index contributed by atoms with van der Waals surface area (Å²) in [7, 11) is 2.26. The Morgan fingerprint density at radius 1 is 1.00 bits per heavy atom. The van der Waals surface area contributed by atoms with E-state index in [1.807, 2.05) is 0 Å². The van der Waals surface area contributed by atoms with E-state index >= 15 is 0 Å². The van der Waals surface area contributed by atoms with Crippen LogP contribution in [0.3, 0.4) is 0 Å². The van der Waals surface area contributed by atoms with Crippen molar-refractivity contribution in [1.82, 2.24) is 14.7 Å². The van der Waals surface area contributed by atoms with Gasteiger partial charge in [-0.05, 0) is 58.8 Å². The number of hydrogen-bond donors (Lipinski definition) is 0. The Labute approximate surface area is 124 Å². The maximum atomic E-state index is 5.66. The quantitative estimate of drug-likeness (QED) is 0.772. The molecule has 3 rings (SSSR count). The lowest BCUT2D eigenvalue weighted by molar-refractivity contribution is -0.0438. The van der Waals surface area contributed by atoms with Gasteiger partial charge in [-0.2, -0.15) is 0 Å². The van der Waals surface area contributed by atoms with Gasteiger partial charge < -0.3 is 14.5 Å². The van der Waals surface area contributed by atoms with Crippen LogP contribution in [0.5, 0.6) is 0 Å². The maximum Gasteiger partial charge on any atom is 0.0674 e. The van der Waals surface area contributed by atoms with Gasteiger partial charge in [0.25, 0.3) is 0 Å². The van der Waals surface area contributed by atoms with E-state index in [0.717, 1.165) is 31.7 Å². The molecular formula is C16H31N3O. The first-order valence-electron chi connectivity index (χ1n) is 8.47. The van der Waals surface area contributed by atoms with Gasteiger partial charge in [0.05, 0.1) is 12.7 Å². The summed E-state index contributed by atoms with van der Waals surface area (Å²) < 4.78 is 5.66. The summed E-state index contributed by atoms with van der Waals surface area (Å²) in [4.78, 5) is 7.87. The molecule has 20 heavy (non-hydrogen) atoms. The molecule has 4 heteroatoms. The van der Waals surface area contributed by atoms with Gasteiger partial charge in [0.1, 0.15) is 0 Å². The molecule has 0 radical (unpaired) electrons. The highest BCUT2D eigenvalue weighted by Gasteiger charge is 2.29. The van der Waals surface area contributed by atoms with Crippen molar-refractivity contribution in [3.05, 3.63) is 0 Å². The Morgan fingerprint density at radius 3 is 2.45 bits per heavy atom. The minimum absolute atomic E-state index is 0.427. The minimum atomic E-state index is 0.427. The second kappa shape index (κ2) is 6.73. The predicted octanol–water partition coefficient (Wildman–Crippen LogP) is 1.12. The third kappa shape index (κ3) is 3.73. The van der Waals surface area contributed by atoms with Crippen molar-refractivity contribution in [2.45, 2.75) is 38.3 Å². The fraction of sp³-hybridized carbons (Fsp3) is 1.00. The SMILES string of the molecule is C[C@@H]1CN(C2CCN(C[C@@H]3CCN(C)C3)CC2)CCO1. The molecule has 3 aliphatic rings. The first-order chi connectivity index (χ1) is 9.70. The molecule has 0 unspecified atom stereocenters. The van der Waals surface area contributed by atoms with Gasteiger partial charge in [0.2, 0.25) is 0 Å². The smallest absolute Gasteiger partial charge is 0.0674 e. The van der Waals surface area contributed by atoms with Crippen LogP contribution in [0.2, 0.25) is 0 Å². The van der Waals surface area contributed by atoms with Crippen LogP contribution in [0, 0.1) is 5.92 Å². The summed E-state index contributed by atoms with van der Waals surface area (Å²) in [5.41, 5.74) is 0. The molecule has 3 aliphatic heterocycles. The first kappa shape index (κ1) is 14.8. The van der Waals surface area contributed by atoms with Crippen LogP contribution in [0.4, 0.5) is 0 Å². The number of hydrogen-bond acceptors (Lipinski definition) is 4. The predicted molar refractivity (Wildman–Crippen MR) is 82.1 cm³/mol. The third-order valence-electron chi connectivity index (χ3n) is 5.35. The number of nitrogens with zero attached hydrogens (tertiary/aromatic N) is 3. The normalized spacial score (nSPS) is 35.7. The molecule has 3 fully saturated rings. The van der Waals surface area contributed by atoms with Gasteiger partial charge in [-0.15, -0.1) is 0 Å². The van der Waals surface area contributed by atoms with Crippen molar-refractivity contribution in [3.8, 4) is 0 Å². The molecule has 0 saturated carbocycles. The Kier molecular flexibility index (Phi) is 4.97. The highest BCUT2D eigenvalue weighted by atomic mass is 16.5. The lowest BCUT2D eigenvalue weighted by Gasteiger charge is -2.42. The van der Waals surface area contributed by atoms with E-state index in [0.29, 0.717) is 6.10 Å². The van der Waals surface area contributed by atoms with Gasteiger partial charge in [-0.3, -0.25) is 4.90 Å². The van der Waals surface area contributed by atoms with E-state index in [1.165, 1.54) is 52.0 Å². The second-order valence-corrected chi connectivity index (χ2v) is 7.13. The molecule has 0 bridgehead atoms. The Morgan fingerprint density at radius 2 is 1.80 bits per heavy atom. The summed E-state index contributed by atoms with van der Waals surface area (Å²) in [6, 6.07) is 0.809. The van der Waals surface area contributed by atoms with E-state index in [4.69, 9.17) is 4.74 Å². The van der Waals surface area contributed by atoms with Crippen LogP contribution >= 0.6 is 0 Å². The molecule has 0 aromatic carbocycles. The van der Waals surface area contributed by atoms with Gasteiger partial charge >= 0.3 is 0 Å². The first-order valence-corrected chi connectivity index (χ1v) is 8.47. The lowest BCUT2D eigenvalue weighted by atomic mass is 10.00. The van der Waals surface area contributed by atoms with Crippen LogP contribution < -0.4 is 0 Å². The summed E-state index contributed by atoms with van der Waals surface area (Å²) in [6.07, 6.45) is 4.54. The van der Waals surface area contributed by atoms with Crippen LogP contribution in [-0.2, 0) is 4.74 Å². The van der Waals surface area contributed by atoms with Crippen molar-refractivity contribution in [2.75, 3.05) is 59.5 Å². The lowest BCUT2D eigenvalue weighted by Crippen LogP contribution is -2.51. The maximum absolute atomic E-state index is 5.66. The van der Waals surface area contributed by atoms with Crippen molar-refractivity contribution in [3.63, 3.8) is 0 Å². The molecule has 0 amide bonds. The fourth-order valence-corrected chi connectivity index (χ4v) is 4.18. The van der Waals surface area contributed by atoms with Gasteiger partial charge in [0, 0.05) is 32.2 Å². The monoisotopic (exact) mass is 281 g/mol. The molecule has 2 atom stereocenters. The molecule has 4 nitrogen and oxygen atoms in total. The molecule has 3 saturated heterocycles. The zero-order chi connectivity index (χ0) is 13.9. The molecule has 116 valence electrons. The van der Waals surface area contributed by atoms with Gasteiger partial charge in [-0.25, -0.2) is 0 Å². The molecule has 3 heterocycles. The van der Waals surface area contributed by atoms with Gasteiger partial charge in [0.15, 0.2) is 0 Å². The minimum Gasteiger partial charge on any atom is -0.376 e. The number of rotatable bonds is 3. The molecule has 0 spiro atoms. The largest absolute Gasteiger partial charge is 0.376 e. The average Bonchev–Trinajstić information content (AvgIpc) is 2.85. The summed E-state index contributed by atoms with van der Waals surface area (Å²) >= 11 is 0. The molecular weight excluding hydrogens is 250 g/mol. The Balaban J connectivity index is 1.40. The highest BCUT2D eigenvalue weighted by molar-refractivity contribution is 4.84. The Bertz CT molecular complexity index is 304. The molecule has 0 N–H and O–H groups in total. The summed E-state index contributed by atoms with van der Waals surface area (Å²) in [5.74, 6) is 0.917. The topological polar surface area (TPSA) is 19.0 Å². The van der Waals surface area contributed by atoms with E-state index in [-0.39, 0.29) is 0 Å². The van der Waals surface area contributed by atoms with Crippen LogP contribution in [-0.4, -0.2) is 86.3 Å². The number of piperidine rings is 1. The van der Waals surface area contributed by atoms with E-state index in [2.05, 4.69) is 28.7 Å². The third-order valence-corrected chi connectivity index (χ3v) is 5.35. The van der Waals surface area contributed by atoms with E-state index in [9.17, 15) is 0 Å². The number of morpholine rings is 1. The summed E-state index contributed by atoms with van der Waals surface area (Å²) in [5, 5.41) is 0.